The Labute approximate surface area is 145 Å². The third kappa shape index (κ3) is 2.68. The van der Waals surface area contributed by atoms with Crippen molar-refractivity contribution in [2.24, 2.45) is 0 Å². The molecule has 0 unspecified atom stereocenters. The molecule has 2 heterocycles. The SMILES string of the molecule is Cc1ccc(N2C(=O)N(c3ccc(F)cc3)[C@@H]3CS(=O)(=O)C[C@@H]32)cc1. The molecule has 130 valence electrons. The molecule has 2 fully saturated rings. The number of fused-ring (bicyclic) bond motifs is 1. The van der Waals surface area contributed by atoms with Gasteiger partial charge >= 0.3 is 6.03 Å². The number of rotatable bonds is 2. The summed E-state index contributed by atoms with van der Waals surface area (Å²) in [5.41, 5.74) is 2.24. The number of carbonyl (C=O) groups is 1. The van der Waals surface area contributed by atoms with Gasteiger partial charge in [-0.1, -0.05) is 17.7 Å². The molecule has 5 nitrogen and oxygen atoms in total. The van der Waals surface area contributed by atoms with E-state index in [9.17, 15) is 17.6 Å². The van der Waals surface area contributed by atoms with Gasteiger partial charge in [-0.15, -0.1) is 0 Å². The van der Waals surface area contributed by atoms with Gasteiger partial charge in [-0.05, 0) is 43.3 Å². The number of carbonyl (C=O) groups excluding carboxylic acids is 1. The summed E-state index contributed by atoms with van der Waals surface area (Å²) in [4.78, 5) is 16.1. The number of halogens is 1. The molecule has 7 heteroatoms. The van der Waals surface area contributed by atoms with E-state index in [1.807, 2.05) is 31.2 Å². The van der Waals surface area contributed by atoms with Gasteiger partial charge in [0.1, 0.15) is 5.82 Å². The van der Waals surface area contributed by atoms with Gasteiger partial charge in [0.2, 0.25) is 0 Å². The molecule has 2 aromatic rings. The molecule has 2 atom stereocenters. The highest BCUT2D eigenvalue weighted by atomic mass is 32.2. The van der Waals surface area contributed by atoms with Gasteiger partial charge < -0.3 is 0 Å². The second-order valence-corrected chi connectivity index (χ2v) is 8.70. The maximum absolute atomic E-state index is 13.2. The van der Waals surface area contributed by atoms with Crippen LogP contribution in [0, 0.1) is 12.7 Å². The van der Waals surface area contributed by atoms with Crippen LogP contribution >= 0.6 is 0 Å². The summed E-state index contributed by atoms with van der Waals surface area (Å²) in [6, 6.07) is 11.8. The molecule has 2 amide bonds. The summed E-state index contributed by atoms with van der Waals surface area (Å²) in [6.45, 7) is 1.95. The number of anilines is 2. The van der Waals surface area contributed by atoms with Crippen LogP contribution < -0.4 is 9.80 Å². The second kappa shape index (κ2) is 5.56. The van der Waals surface area contributed by atoms with Crippen LogP contribution in [0.5, 0.6) is 0 Å². The van der Waals surface area contributed by atoms with E-state index >= 15 is 0 Å². The van der Waals surface area contributed by atoms with Crippen LogP contribution in [-0.2, 0) is 9.84 Å². The van der Waals surface area contributed by atoms with E-state index in [1.165, 1.54) is 29.2 Å². The molecular formula is C18H17FN2O3S. The van der Waals surface area contributed by atoms with Gasteiger partial charge in [0.15, 0.2) is 9.84 Å². The molecule has 2 saturated heterocycles. The fourth-order valence-corrected chi connectivity index (χ4v) is 5.53. The molecule has 0 spiro atoms. The predicted molar refractivity (Wildman–Crippen MR) is 94.2 cm³/mol. The largest absolute Gasteiger partial charge is 0.329 e. The van der Waals surface area contributed by atoms with Crippen LogP contribution in [0.2, 0.25) is 0 Å². The number of nitrogens with zero attached hydrogens (tertiary/aromatic N) is 2. The number of sulfone groups is 1. The monoisotopic (exact) mass is 360 g/mol. The lowest BCUT2D eigenvalue weighted by Crippen LogP contribution is -2.37. The van der Waals surface area contributed by atoms with Crippen molar-refractivity contribution in [2.45, 2.75) is 19.0 Å². The quantitative estimate of drug-likeness (QED) is 0.774. The average molecular weight is 360 g/mol. The Hall–Kier alpha value is -2.41. The molecule has 4 rings (SSSR count). The number of urea groups is 1. The Kier molecular flexibility index (Phi) is 3.57. The van der Waals surface area contributed by atoms with E-state index in [-0.39, 0.29) is 17.5 Å². The van der Waals surface area contributed by atoms with Crippen molar-refractivity contribution in [2.75, 3.05) is 21.3 Å². The van der Waals surface area contributed by atoms with Crippen molar-refractivity contribution in [3.05, 3.63) is 59.9 Å². The zero-order chi connectivity index (χ0) is 17.8. The molecule has 25 heavy (non-hydrogen) atoms. The van der Waals surface area contributed by atoms with Gasteiger partial charge in [0.25, 0.3) is 0 Å². The lowest BCUT2D eigenvalue weighted by Gasteiger charge is -2.22. The lowest BCUT2D eigenvalue weighted by molar-refractivity contribution is 0.255. The van der Waals surface area contributed by atoms with Crippen molar-refractivity contribution in [1.82, 2.24) is 0 Å². The molecule has 0 N–H and O–H groups in total. The van der Waals surface area contributed by atoms with Crippen LogP contribution in [0.1, 0.15) is 5.56 Å². The summed E-state index contributed by atoms with van der Waals surface area (Å²) < 4.78 is 37.6. The lowest BCUT2D eigenvalue weighted by atomic mass is 10.1. The molecule has 0 bridgehead atoms. The Morgan fingerprint density at radius 1 is 0.880 bits per heavy atom. The molecule has 2 aliphatic rings. The zero-order valence-electron chi connectivity index (χ0n) is 13.6. The molecule has 0 saturated carbocycles. The number of aryl methyl sites for hydroxylation is 1. The highest BCUT2D eigenvalue weighted by Gasteiger charge is 2.54. The van der Waals surface area contributed by atoms with Crippen LogP contribution in [0.25, 0.3) is 0 Å². The van der Waals surface area contributed by atoms with E-state index in [4.69, 9.17) is 0 Å². The van der Waals surface area contributed by atoms with Gasteiger partial charge in [-0.25, -0.2) is 17.6 Å². The highest BCUT2D eigenvalue weighted by molar-refractivity contribution is 7.91. The van der Waals surface area contributed by atoms with Crippen LogP contribution in [0.15, 0.2) is 48.5 Å². The van der Waals surface area contributed by atoms with Crippen LogP contribution in [0.4, 0.5) is 20.6 Å². The molecule has 0 radical (unpaired) electrons. The maximum atomic E-state index is 13.2. The molecule has 0 aromatic heterocycles. The first-order valence-corrected chi connectivity index (χ1v) is 9.83. The number of hydrogen-bond donors (Lipinski definition) is 0. The maximum Gasteiger partial charge on any atom is 0.329 e. The van der Waals surface area contributed by atoms with E-state index in [0.717, 1.165) is 5.56 Å². The molecule has 2 aromatic carbocycles. The number of hydrogen-bond acceptors (Lipinski definition) is 3. The Morgan fingerprint density at radius 3 is 1.80 bits per heavy atom. The van der Waals surface area contributed by atoms with Crippen molar-refractivity contribution in [1.29, 1.82) is 0 Å². The Balaban J connectivity index is 1.79. The normalized spacial score (nSPS) is 24.6. The standard InChI is InChI=1S/C18H17FN2O3S/c1-12-2-6-14(7-3-12)20-16-10-25(23,24)11-17(16)21(18(20)22)15-8-4-13(19)5-9-15/h2-9,16-17H,10-11H2,1H3/t16-,17+/m0/s1. The Morgan fingerprint density at radius 2 is 1.32 bits per heavy atom. The van der Waals surface area contributed by atoms with E-state index in [2.05, 4.69) is 0 Å². The smallest absolute Gasteiger partial charge is 0.288 e. The minimum absolute atomic E-state index is 0.0605. The van der Waals surface area contributed by atoms with Crippen molar-refractivity contribution in [3.63, 3.8) is 0 Å². The number of benzene rings is 2. The van der Waals surface area contributed by atoms with Gasteiger partial charge in [-0.2, -0.15) is 0 Å². The van der Waals surface area contributed by atoms with Gasteiger partial charge in [-0.3, -0.25) is 9.80 Å². The van der Waals surface area contributed by atoms with Crippen molar-refractivity contribution >= 4 is 27.2 Å². The summed E-state index contributed by atoms with van der Waals surface area (Å²) in [7, 11) is -3.24. The predicted octanol–water partition coefficient (Wildman–Crippen LogP) is 2.75. The van der Waals surface area contributed by atoms with E-state index in [1.54, 1.807) is 4.90 Å². The average Bonchev–Trinajstić information content (AvgIpc) is 2.99. The first-order chi connectivity index (χ1) is 11.9. The molecular weight excluding hydrogens is 343 g/mol. The van der Waals surface area contributed by atoms with Crippen LogP contribution in [-0.4, -0.2) is 38.0 Å². The fraction of sp³-hybridized carbons (Fsp3) is 0.278. The fourth-order valence-electron chi connectivity index (χ4n) is 3.61. The highest BCUT2D eigenvalue weighted by Crippen LogP contribution is 2.37. The minimum Gasteiger partial charge on any atom is -0.288 e. The second-order valence-electron chi connectivity index (χ2n) is 6.55. The van der Waals surface area contributed by atoms with Crippen molar-refractivity contribution in [3.8, 4) is 0 Å². The van der Waals surface area contributed by atoms with E-state index < -0.39 is 27.7 Å². The third-order valence-corrected chi connectivity index (χ3v) is 6.48. The summed E-state index contributed by atoms with van der Waals surface area (Å²) >= 11 is 0. The third-order valence-electron chi connectivity index (χ3n) is 4.79. The van der Waals surface area contributed by atoms with Gasteiger partial charge in [0, 0.05) is 11.4 Å². The Bertz CT molecular complexity index is 856. The van der Waals surface area contributed by atoms with Crippen LogP contribution in [0.3, 0.4) is 0 Å². The summed E-state index contributed by atoms with van der Waals surface area (Å²) in [6.07, 6.45) is 0. The summed E-state index contributed by atoms with van der Waals surface area (Å²) in [5.74, 6) is -0.542. The number of amides is 2. The van der Waals surface area contributed by atoms with E-state index in [0.29, 0.717) is 11.4 Å². The topological polar surface area (TPSA) is 57.7 Å². The molecule has 0 aliphatic carbocycles. The van der Waals surface area contributed by atoms with Gasteiger partial charge in [0.05, 0.1) is 23.6 Å². The first kappa shape index (κ1) is 16.1. The first-order valence-electron chi connectivity index (χ1n) is 8.01. The zero-order valence-corrected chi connectivity index (χ0v) is 14.4. The van der Waals surface area contributed by atoms with Crippen molar-refractivity contribution < 1.29 is 17.6 Å². The summed E-state index contributed by atoms with van der Waals surface area (Å²) in [5, 5.41) is 0. The molecule has 2 aliphatic heterocycles. The minimum atomic E-state index is -3.24.